The van der Waals surface area contributed by atoms with Crippen molar-refractivity contribution in [2.75, 3.05) is 6.79 Å². The molecule has 5 rings (SSSR count). The number of carbonyl (C=O) groups excluding carboxylic acids is 2. The van der Waals surface area contributed by atoms with Crippen LogP contribution in [0.3, 0.4) is 0 Å². The first-order chi connectivity index (χ1) is 19.0. The molecule has 0 saturated heterocycles. The van der Waals surface area contributed by atoms with E-state index in [0.717, 1.165) is 48.1 Å². The first-order valence-electron chi connectivity index (χ1n) is 13.8. The second kappa shape index (κ2) is 13.0. The summed E-state index contributed by atoms with van der Waals surface area (Å²) >= 11 is 6.13. The summed E-state index contributed by atoms with van der Waals surface area (Å²) in [5.74, 6) is 1.27. The third-order valence-corrected chi connectivity index (χ3v) is 7.81. The molecule has 2 amide bonds. The number of rotatable bonds is 10. The van der Waals surface area contributed by atoms with Gasteiger partial charge in [0.2, 0.25) is 18.6 Å². The van der Waals surface area contributed by atoms with Gasteiger partial charge in [-0.15, -0.1) is 0 Å². The van der Waals surface area contributed by atoms with E-state index in [0.29, 0.717) is 30.2 Å². The predicted molar refractivity (Wildman–Crippen MR) is 152 cm³/mol. The number of fused-ring (bicyclic) bond motifs is 1. The van der Waals surface area contributed by atoms with Gasteiger partial charge in [-0.2, -0.15) is 0 Å². The smallest absolute Gasteiger partial charge is 0.243 e. The number of ether oxygens (including phenoxy) is 2. The van der Waals surface area contributed by atoms with Crippen LogP contribution in [0.5, 0.6) is 11.5 Å². The number of hydrogen-bond donors (Lipinski definition) is 1. The van der Waals surface area contributed by atoms with E-state index in [9.17, 15) is 9.59 Å². The first-order valence-corrected chi connectivity index (χ1v) is 14.2. The predicted octanol–water partition coefficient (Wildman–Crippen LogP) is 6.09. The highest BCUT2D eigenvalue weighted by Gasteiger charge is 2.32. The average Bonchev–Trinajstić information content (AvgIpc) is 3.44. The van der Waals surface area contributed by atoms with Crippen molar-refractivity contribution in [1.82, 2.24) is 10.2 Å². The van der Waals surface area contributed by atoms with Gasteiger partial charge in [0.15, 0.2) is 11.5 Å². The molecule has 1 fully saturated rings. The number of amides is 2. The Morgan fingerprint density at radius 2 is 1.59 bits per heavy atom. The second-order valence-electron chi connectivity index (χ2n) is 10.4. The Labute approximate surface area is 235 Å². The van der Waals surface area contributed by atoms with Crippen molar-refractivity contribution in [2.45, 2.75) is 70.0 Å². The molecule has 6 nitrogen and oxygen atoms in total. The SMILES string of the molecule is O=C(NC1CCCCC1)C(Cc1ccccc1)N(Cc1ccc(Cl)cc1)C(=O)CCc1ccc2c(c1)OCO2. The molecule has 1 saturated carbocycles. The van der Waals surface area contributed by atoms with Gasteiger partial charge in [-0.1, -0.05) is 79.4 Å². The van der Waals surface area contributed by atoms with Crippen LogP contribution in [0, 0.1) is 0 Å². The molecule has 3 aromatic rings. The fourth-order valence-corrected chi connectivity index (χ4v) is 5.50. The van der Waals surface area contributed by atoms with E-state index < -0.39 is 6.04 Å². The third kappa shape index (κ3) is 7.33. The maximum atomic E-state index is 13.9. The number of halogens is 1. The minimum absolute atomic E-state index is 0.0673. The molecule has 204 valence electrons. The lowest BCUT2D eigenvalue weighted by atomic mass is 9.94. The summed E-state index contributed by atoms with van der Waals surface area (Å²) in [5.41, 5.74) is 2.94. The van der Waals surface area contributed by atoms with Gasteiger partial charge in [-0.05, 0) is 60.2 Å². The molecule has 1 heterocycles. The highest BCUT2D eigenvalue weighted by atomic mass is 35.5. The molecule has 0 bridgehead atoms. The molecule has 3 aromatic carbocycles. The van der Waals surface area contributed by atoms with Crippen LogP contribution in [0.4, 0.5) is 0 Å². The number of nitrogens with zero attached hydrogens (tertiary/aromatic N) is 1. The third-order valence-electron chi connectivity index (χ3n) is 7.55. The lowest BCUT2D eigenvalue weighted by Crippen LogP contribution is -2.52. The Balaban J connectivity index is 1.39. The first kappa shape index (κ1) is 27.1. The van der Waals surface area contributed by atoms with Crippen molar-refractivity contribution < 1.29 is 19.1 Å². The van der Waals surface area contributed by atoms with Crippen LogP contribution in [0.1, 0.15) is 55.2 Å². The van der Waals surface area contributed by atoms with Crippen molar-refractivity contribution in [2.24, 2.45) is 0 Å². The summed E-state index contributed by atoms with van der Waals surface area (Å²) in [4.78, 5) is 29.5. The molecule has 1 aliphatic heterocycles. The normalized spacial score (nSPS) is 15.5. The van der Waals surface area contributed by atoms with E-state index in [4.69, 9.17) is 21.1 Å². The number of hydrogen-bond acceptors (Lipinski definition) is 4. The summed E-state index contributed by atoms with van der Waals surface area (Å²) in [5, 5.41) is 3.92. The molecule has 0 spiro atoms. The summed E-state index contributed by atoms with van der Waals surface area (Å²) in [7, 11) is 0. The van der Waals surface area contributed by atoms with Gasteiger partial charge >= 0.3 is 0 Å². The minimum atomic E-state index is -0.630. The van der Waals surface area contributed by atoms with Gasteiger partial charge in [0, 0.05) is 30.5 Å². The van der Waals surface area contributed by atoms with Crippen LogP contribution < -0.4 is 14.8 Å². The van der Waals surface area contributed by atoms with Crippen molar-refractivity contribution >= 4 is 23.4 Å². The van der Waals surface area contributed by atoms with Crippen molar-refractivity contribution in [3.63, 3.8) is 0 Å². The van der Waals surface area contributed by atoms with Gasteiger partial charge in [0.1, 0.15) is 6.04 Å². The van der Waals surface area contributed by atoms with E-state index in [1.54, 1.807) is 4.90 Å². The largest absolute Gasteiger partial charge is 0.454 e. The number of nitrogens with one attached hydrogen (secondary N) is 1. The van der Waals surface area contributed by atoms with Crippen LogP contribution in [-0.2, 0) is 29.0 Å². The topological polar surface area (TPSA) is 67.9 Å². The Hall–Kier alpha value is -3.51. The zero-order chi connectivity index (χ0) is 27.0. The molecule has 1 atom stereocenters. The van der Waals surface area contributed by atoms with E-state index in [2.05, 4.69) is 5.32 Å². The Bertz CT molecular complexity index is 1260. The van der Waals surface area contributed by atoms with Crippen molar-refractivity contribution in [1.29, 1.82) is 0 Å². The molecule has 2 aliphatic rings. The van der Waals surface area contributed by atoms with Crippen LogP contribution >= 0.6 is 11.6 Å². The van der Waals surface area contributed by atoms with Crippen LogP contribution in [0.15, 0.2) is 72.8 Å². The Kier molecular flexibility index (Phi) is 9.04. The highest BCUT2D eigenvalue weighted by molar-refractivity contribution is 6.30. The molecule has 7 heteroatoms. The van der Waals surface area contributed by atoms with E-state index in [-0.39, 0.29) is 31.1 Å². The monoisotopic (exact) mass is 546 g/mol. The van der Waals surface area contributed by atoms with Crippen molar-refractivity contribution in [3.05, 3.63) is 94.5 Å². The highest BCUT2D eigenvalue weighted by Crippen LogP contribution is 2.33. The van der Waals surface area contributed by atoms with Crippen LogP contribution in [-0.4, -0.2) is 35.6 Å². The molecular weight excluding hydrogens is 512 g/mol. The maximum absolute atomic E-state index is 13.9. The van der Waals surface area contributed by atoms with Gasteiger partial charge < -0.3 is 19.7 Å². The van der Waals surface area contributed by atoms with Gasteiger partial charge in [0.25, 0.3) is 0 Å². The summed E-state index contributed by atoms with van der Waals surface area (Å²) in [6.45, 7) is 0.538. The summed E-state index contributed by atoms with van der Waals surface area (Å²) < 4.78 is 10.9. The fourth-order valence-electron chi connectivity index (χ4n) is 5.38. The van der Waals surface area contributed by atoms with E-state index >= 15 is 0 Å². The molecule has 0 radical (unpaired) electrons. The summed E-state index contributed by atoms with van der Waals surface area (Å²) in [6.07, 6.45) is 6.68. The maximum Gasteiger partial charge on any atom is 0.243 e. The molecule has 1 N–H and O–H groups in total. The fraction of sp³-hybridized carbons (Fsp3) is 0.375. The molecule has 39 heavy (non-hydrogen) atoms. The zero-order valence-corrected chi connectivity index (χ0v) is 22.9. The number of benzene rings is 3. The number of carbonyl (C=O) groups is 2. The number of aryl methyl sites for hydroxylation is 1. The molecule has 1 unspecified atom stereocenters. The van der Waals surface area contributed by atoms with Gasteiger partial charge in [-0.25, -0.2) is 0 Å². The standard InChI is InChI=1S/C32H35ClN2O4/c33-26-15-11-25(12-16-26)21-35(31(36)18-14-24-13-17-29-30(20-24)39-22-38-29)28(19-23-7-3-1-4-8-23)32(37)34-27-9-5-2-6-10-27/h1,3-4,7-8,11-13,15-17,20,27-28H,2,5-6,9-10,14,18-19,21-22H2,(H,34,37). The quantitative estimate of drug-likeness (QED) is 0.334. The van der Waals surface area contributed by atoms with Gasteiger partial charge in [0.05, 0.1) is 0 Å². The van der Waals surface area contributed by atoms with E-state index in [1.165, 1.54) is 6.42 Å². The Morgan fingerprint density at radius 3 is 2.36 bits per heavy atom. The second-order valence-corrected chi connectivity index (χ2v) is 10.8. The van der Waals surface area contributed by atoms with Crippen LogP contribution in [0.2, 0.25) is 5.02 Å². The minimum Gasteiger partial charge on any atom is -0.454 e. The van der Waals surface area contributed by atoms with E-state index in [1.807, 2.05) is 72.8 Å². The van der Waals surface area contributed by atoms with Gasteiger partial charge in [-0.3, -0.25) is 9.59 Å². The molecule has 1 aliphatic carbocycles. The molecular formula is C32H35ClN2O4. The lowest BCUT2D eigenvalue weighted by Gasteiger charge is -2.33. The van der Waals surface area contributed by atoms with Crippen molar-refractivity contribution in [3.8, 4) is 11.5 Å². The lowest BCUT2D eigenvalue weighted by molar-refractivity contribution is -0.141. The zero-order valence-electron chi connectivity index (χ0n) is 22.1. The summed E-state index contributed by atoms with van der Waals surface area (Å²) in [6, 6.07) is 22.7. The Morgan fingerprint density at radius 1 is 0.872 bits per heavy atom. The van der Waals surface area contributed by atoms with Crippen LogP contribution in [0.25, 0.3) is 0 Å². The molecule has 0 aromatic heterocycles. The average molecular weight is 547 g/mol.